The fourth-order valence-corrected chi connectivity index (χ4v) is 5.03. The minimum Gasteiger partial charge on any atom is -0.438 e. The highest BCUT2D eigenvalue weighted by atomic mass is 35.5. The van der Waals surface area contributed by atoms with Crippen LogP contribution in [-0.2, 0) is 4.79 Å². The molecule has 0 unspecified atom stereocenters. The van der Waals surface area contributed by atoms with E-state index in [1.165, 1.54) is 12.4 Å². The summed E-state index contributed by atoms with van der Waals surface area (Å²) >= 11 is 6.44. The minimum absolute atomic E-state index is 0.0130. The maximum absolute atomic E-state index is 12.1. The van der Waals surface area contributed by atoms with Crippen LogP contribution in [0.25, 0.3) is 11.0 Å². The van der Waals surface area contributed by atoms with Crippen LogP contribution in [0, 0.1) is 0 Å². The number of anilines is 3. The molecule has 36 heavy (non-hydrogen) atoms. The zero-order chi connectivity index (χ0) is 24.6. The summed E-state index contributed by atoms with van der Waals surface area (Å²) in [7, 11) is 0. The highest BCUT2D eigenvalue weighted by Gasteiger charge is 2.45. The number of aromatic nitrogens is 4. The van der Waals surface area contributed by atoms with Gasteiger partial charge in [-0.15, -0.1) is 0 Å². The molecule has 2 bridgehead atoms. The van der Waals surface area contributed by atoms with E-state index in [1.807, 2.05) is 47.4 Å². The number of rotatable bonds is 6. The van der Waals surface area contributed by atoms with Gasteiger partial charge in [-0.05, 0) is 42.8 Å². The third-order valence-electron chi connectivity index (χ3n) is 6.49. The van der Waals surface area contributed by atoms with E-state index in [2.05, 4.69) is 31.7 Å². The van der Waals surface area contributed by atoms with Crippen LogP contribution in [0.1, 0.15) is 6.42 Å². The number of nitrogens with zero attached hydrogens (tertiary/aromatic N) is 6. The van der Waals surface area contributed by atoms with Gasteiger partial charge in [-0.25, -0.2) is 19.9 Å². The Hall–Kier alpha value is -4.24. The molecule has 2 aliphatic rings. The quantitative estimate of drug-likeness (QED) is 0.385. The molecule has 1 N–H and O–H groups in total. The number of benzene rings is 1. The van der Waals surface area contributed by atoms with E-state index in [-0.39, 0.29) is 18.0 Å². The van der Waals surface area contributed by atoms with Crippen molar-refractivity contribution in [3.05, 3.63) is 78.7 Å². The third kappa shape index (κ3) is 4.07. The molecule has 0 saturated carbocycles. The first-order chi connectivity index (χ1) is 17.6. The minimum atomic E-state index is -0.0130. The van der Waals surface area contributed by atoms with E-state index in [9.17, 15) is 4.79 Å². The van der Waals surface area contributed by atoms with Crippen LogP contribution in [0.4, 0.5) is 17.3 Å². The van der Waals surface area contributed by atoms with Crippen LogP contribution in [0.15, 0.2) is 73.7 Å². The van der Waals surface area contributed by atoms with Crippen LogP contribution < -0.4 is 15.0 Å². The van der Waals surface area contributed by atoms with Crippen molar-refractivity contribution >= 4 is 45.9 Å². The number of piperazine rings is 1. The number of nitrogens with one attached hydrogen (secondary N) is 1. The van der Waals surface area contributed by atoms with E-state index >= 15 is 0 Å². The molecule has 0 spiro atoms. The number of likely N-dealkylation sites (tertiary alicyclic amines) is 1. The Bertz CT molecular complexity index is 1470. The lowest BCUT2D eigenvalue weighted by Crippen LogP contribution is -2.48. The van der Waals surface area contributed by atoms with Gasteiger partial charge >= 0.3 is 0 Å². The summed E-state index contributed by atoms with van der Waals surface area (Å²) in [6.45, 7) is 5.03. The van der Waals surface area contributed by atoms with Gasteiger partial charge in [-0.2, -0.15) is 0 Å². The van der Waals surface area contributed by atoms with Gasteiger partial charge in [0, 0.05) is 13.1 Å². The molecular weight excluding hydrogens is 478 g/mol. The standard InChI is InChI=1S/C26H22ClN7O2/c1-2-23(35)34-14-17-11-18(34)13-33(17)22-9-8-21-24(32-22)25(30-15-29-21)31-16-10-20(27)26(28-12-16)36-19-6-4-3-5-7-19/h2-10,12,15,17-18H,1,11,13-14H2,(H,29,30,31)/t17-,18-/m1/s1. The van der Waals surface area contributed by atoms with Crippen molar-refractivity contribution in [2.75, 3.05) is 23.3 Å². The predicted molar refractivity (Wildman–Crippen MR) is 138 cm³/mol. The van der Waals surface area contributed by atoms with Crippen molar-refractivity contribution in [2.45, 2.75) is 18.5 Å². The van der Waals surface area contributed by atoms with E-state index in [4.69, 9.17) is 21.3 Å². The van der Waals surface area contributed by atoms with Gasteiger partial charge in [-0.1, -0.05) is 36.4 Å². The largest absolute Gasteiger partial charge is 0.438 e. The first-order valence-corrected chi connectivity index (χ1v) is 11.9. The number of carbonyl (C=O) groups excluding carboxylic acids is 1. The van der Waals surface area contributed by atoms with Crippen LogP contribution >= 0.6 is 11.6 Å². The molecule has 6 rings (SSSR count). The van der Waals surface area contributed by atoms with Crippen LogP contribution in [0.5, 0.6) is 11.6 Å². The molecule has 3 aromatic heterocycles. The van der Waals surface area contributed by atoms with E-state index < -0.39 is 0 Å². The zero-order valence-corrected chi connectivity index (χ0v) is 20.0. The molecule has 1 aromatic carbocycles. The fourth-order valence-electron chi connectivity index (χ4n) is 4.82. The van der Waals surface area contributed by atoms with E-state index in [1.54, 1.807) is 12.3 Å². The molecule has 2 aliphatic heterocycles. The Kier molecular flexibility index (Phi) is 5.61. The lowest BCUT2D eigenvalue weighted by Gasteiger charge is -2.34. The molecule has 2 atom stereocenters. The lowest BCUT2D eigenvalue weighted by molar-refractivity contribution is -0.127. The Balaban J connectivity index is 1.24. The van der Waals surface area contributed by atoms with Gasteiger partial charge in [-0.3, -0.25) is 4.79 Å². The average molecular weight is 500 g/mol. The molecular formula is C26H22ClN7O2. The second kappa shape index (κ2) is 9.09. The first-order valence-electron chi connectivity index (χ1n) is 11.6. The van der Waals surface area contributed by atoms with Crippen molar-refractivity contribution in [1.82, 2.24) is 24.8 Å². The number of hydrogen-bond acceptors (Lipinski definition) is 8. The molecule has 0 radical (unpaired) electrons. The molecule has 180 valence electrons. The van der Waals surface area contributed by atoms with Gasteiger partial charge in [0.15, 0.2) is 5.82 Å². The summed E-state index contributed by atoms with van der Waals surface area (Å²) in [6.07, 6.45) is 5.43. The topological polar surface area (TPSA) is 96.4 Å². The molecule has 1 amide bonds. The van der Waals surface area contributed by atoms with Gasteiger partial charge < -0.3 is 19.9 Å². The highest BCUT2D eigenvalue weighted by Crippen LogP contribution is 2.35. The second-order valence-electron chi connectivity index (χ2n) is 8.70. The maximum atomic E-state index is 12.1. The summed E-state index contributed by atoms with van der Waals surface area (Å²) in [6, 6.07) is 15.4. The fraction of sp³-hybridized carbons (Fsp3) is 0.192. The Morgan fingerprint density at radius 2 is 1.97 bits per heavy atom. The average Bonchev–Trinajstić information content (AvgIpc) is 3.52. The Morgan fingerprint density at radius 1 is 1.11 bits per heavy atom. The molecule has 9 nitrogen and oxygen atoms in total. The van der Waals surface area contributed by atoms with Crippen molar-refractivity contribution in [1.29, 1.82) is 0 Å². The van der Waals surface area contributed by atoms with Crippen molar-refractivity contribution in [2.24, 2.45) is 0 Å². The number of para-hydroxylation sites is 1. The predicted octanol–water partition coefficient (Wildman–Crippen LogP) is 4.58. The Morgan fingerprint density at radius 3 is 2.72 bits per heavy atom. The number of fused-ring (bicyclic) bond motifs is 3. The lowest BCUT2D eigenvalue weighted by atomic mass is 10.2. The number of carbonyl (C=O) groups is 1. The Labute approximate surface area is 212 Å². The number of amides is 1. The number of halogens is 1. The van der Waals surface area contributed by atoms with Gasteiger partial charge in [0.2, 0.25) is 11.8 Å². The summed E-state index contributed by atoms with van der Waals surface area (Å²) in [5, 5.41) is 3.63. The first kappa shape index (κ1) is 22.2. The van der Waals surface area contributed by atoms with Crippen molar-refractivity contribution in [3.8, 4) is 11.6 Å². The molecule has 2 fully saturated rings. The normalized spacial score (nSPS) is 18.5. The van der Waals surface area contributed by atoms with E-state index in [0.717, 1.165) is 18.8 Å². The molecule has 4 aromatic rings. The monoisotopic (exact) mass is 499 g/mol. The van der Waals surface area contributed by atoms with Gasteiger partial charge in [0.1, 0.15) is 28.4 Å². The smallest absolute Gasteiger partial charge is 0.246 e. The van der Waals surface area contributed by atoms with Crippen LogP contribution in [-0.4, -0.2) is 55.9 Å². The third-order valence-corrected chi connectivity index (χ3v) is 6.76. The van der Waals surface area contributed by atoms with Gasteiger partial charge in [0.25, 0.3) is 0 Å². The summed E-state index contributed by atoms with van der Waals surface area (Å²) in [5.74, 6) is 2.33. The molecule has 2 saturated heterocycles. The molecule has 5 heterocycles. The van der Waals surface area contributed by atoms with Crippen molar-refractivity contribution in [3.63, 3.8) is 0 Å². The summed E-state index contributed by atoms with van der Waals surface area (Å²) in [5.41, 5.74) is 2.00. The number of ether oxygens (including phenoxy) is 1. The highest BCUT2D eigenvalue weighted by molar-refractivity contribution is 6.32. The number of hydrogen-bond donors (Lipinski definition) is 1. The van der Waals surface area contributed by atoms with Crippen LogP contribution in [0.3, 0.4) is 0 Å². The molecule has 0 aliphatic carbocycles. The molecule has 10 heteroatoms. The van der Waals surface area contributed by atoms with Crippen LogP contribution in [0.2, 0.25) is 5.02 Å². The van der Waals surface area contributed by atoms with Gasteiger partial charge in [0.05, 0.1) is 29.5 Å². The van der Waals surface area contributed by atoms with Crippen molar-refractivity contribution < 1.29 is 9.53 Å². The summed E-state index contributed by atoms with van der Waals surface area (Å²) in [4.78, 5) is 34.3. The SMILES string of the molecule is C=CC(=O)N1C[C@H]2C[C@@H]1CN2c1ccc2ncnc(Nc3cnc(Oc4ccccc4)c(Cl)c3)c2n1. The second-order valence-corrected chi connectivity index (χ2v) is 9.11. The zero-order valence-electron chi connectivity index (χ0n) is 19.2. The number of pyridine rings is 2. The van der Waals surface area contributed by atoms with E-state index in [0.29, 0.717) is 45.7 Å². The maximum Gasteiger partial charge on any atom is 0.246 e. The summed E-state index contributed by atoms with van der Waals surface area (Å²) < 4.78 is 5.77.